The van der Waals surface area contributed by atoms with Gasteiger partial charge in [0, 0.05) is 24.8 Å². The van der Waals surface area contributed by atoms with Gasteiger partial charge in [-0.15, -0.1) is 5.10 Å². The highest BCUT2D eigenvalue weighted by Crippen LogP contribution is 2.36. The molecule has 2 aromatic heterocycles. The number of nitrogens with one attached hydrogen (secondary N) is 1. The smallest absolute Gasteiger partial charge is 0.378 e. The van der Waals surface area contributed by atoms with E-state index in [1.165, 1.54) is 0 Å². The largest absolute Gasteiger partial charge is 0.416 e. The first-order valence-corrected chi connectivity index (χ1v) is 11.5. The Kier molecular flexibility index (Phi) is 9.25. The van der Waals surface area contributed by atoms with Crippen LogP contribution in [-0.2, 0) is 17.1 Å². The van der Waals surface area contributed by atoms with Gasteiger partial charge in [0.15, 0.2) is 11.6 Å². The number of aromatic nitrogens is 4. The molecule has 1 N–H and O–H groups in total. The van der Waals surface area contributed by atoms with Gasteiger partial charge in [-0.1, -0.05) is 0 Å². The van der Waals surface area contributed by atoms with Crippen LogP contribution in [0.15, 0.2) is 36.5 Å². The van der Waals surface area contributed by atoms with E-state index in [1.807, 2.05) is 14.0 Å². The van der Waals surface area contributed by atoms with E-state index in [4.69, 9.17) is 10.00 Å². The standard InChI is InChI=1S/C15H19N7O.C9H4F6O/c1-11(17-2)14-19-15(21-5-7-23-8-6-21)20-22(14)13-4-3-12(9-16)10-18-13;10-8(11,12)6-1-5(4-16)2-7(3-6)9(13,14)15/h3-4,10-11,17H,5-8H2,1-2H3;1-4H/t11-;/m0./s1. The lowest BCUT2D eigenvalue weighted by atomic mass is 10.1. The summed E-state index contributed by atoms with van der Waals surface area (Å²) >= 11 is 0. The summed E-state index contributed by atoms with van der Waals surface area (Å²) in [6.45, 7) is 4.94. The number of morpholine rings is 1. The summed E-state index contributed by atoms with van der Waals surface area (Å²) in [5.41, 5.74) is -3.14. The van der Waals surface area contributed by atoms with Crippen molar-refractivity contribution in [1.82, 2.24) is 25.1 Å². The van der Waals surface area contributed by atoms with E-state index >= 15 is 0 Å². The zero-order valence-electron chi connectivity index (χ0n) is 20.7. The Hall–Kier alpha value is -4.03. The van der Waals surface area contributed by atoms with Crippen LogP contribution in [0.3, 0.4) is 0 Å². The van der Waals surface area contributed by atoms with Crippen molar-refractivity contribution in [1.29, 1.82) is 5.26 Å². The number of hydrogen-bond donors (Lipinski definition) is 1. The molecule has 4 rings (SSSR count). The van der Waals surface area contributed by atoms with E-state index in [0.717, 1.165) is 18.9 Å². The van der Waals surface area contributed by atoms with Crippen LogP contribution in [-0.4, -0.2) is 59.4 Å². The molecule has 1 aromatic carbocycles. The van der Waals surface area contributed by atoms with Crippen LogP contribution in [0.1, 0.15) is 45.8 Å². The maximum Gasteiger partial charge on any atom is 0.416 e. The predicted molar refractivity (Wildman–Crippen MR) is 126 cm³/mol. The molecule has 39 heavy (non-hydrogen) atoms. The lowest BCUT2D eigenvalue weighted by Gasteiger charge is -2.25. The Morgan fingerprint density at radius 2 is 1.69 bits per heavy atom. The van der Waals surface area contributed by atoms with E-state index < -0.39 is 29.0 Å². The van der Waals surface area contributed by atoms with Gasteiger partial charge in [0.25, 0.3) is 0 Å². The van der Waals surface area contributed by atoms with Gasteiger partial charge in [-0.05, 0) is 44.3 Å². The lowest BCUT2D eigenvalue weighted by molar-refractivity contribution is -0.143. The van der Waals surface area contributed by atoms with Gasteiger partial charge in [0.2, 0.25) is 5.95 Å². The summed E-state index contributed by atoms with van der Waals surface area (Å²) in [5, 5.41) is 16.7. The quantitative estimate of drug-likeness (QED) is 0.369. The van der Waals surface area contributed by atoms with Crippen LogP contribution in [0.25, 0.3) is 5.82 Å². The fourth-order valence-electron chi connectivity index (χ4n) is 3.41. The minimum Gasteiger partial charge on any atom is -0.378 e. The number of benzene rings is 1. The molecule has 1 saturated heterocycles. The second-order valence-corrected chi connectivity index (χ2v) is 8.27. The molecule has 0 aliphatic carbocycles. The molecule has 1 aliphatic rings. The molecule has 1 fully saturated rings. The number of ether oxygens (including phenoxy) is 1. The van der Waals surface area contributed by atoms with Crippen molar-refractivity contribution < 1.29 is 35.9 Å². The molecular weight excluding hydrogens is 532 g/mol. The first kappa shape index (κ1) is 29.5. The summed E-state index contributed by atoms with van der Waals surface area (Å²) in [5.74, 6) is 2.11. The third-order valence-electron chi connectivity index (χ3n) is 5.58. The number of alkyl halides is 6. The molecule has 3 aromatic rings. The highest BCUT2D eigenvalue weighted by atomic mass is 19.4. The number of anilines is 1. The fourth-order valence-corrected chi connectivity index (χ4v) is 3.41. The maximum atomic E-state index is 12.2. The van der Waals surface area contributed by atoms with Gasteiger partial charge in [0.1, 0.15) is 12.4 Å². The molecule has 0 amide bonds. The normalized spacial score (nSPS) is 14.7. The second kappa shape index (κ2) is 12.2. The molecule has 0 spiro atoms. The van der Waals surface area contributed by atoms with Crippen molar-refractivity contribution in [3.63, 3.8) is 0 Å². The van der Waals surface area contributed by atoms with Crippen molar-refractivity contribution in [3.05, 3.63) is 64.6 Å². The van der Waals surface area contributed by atoms with Gasteiger partial charge < -0.3 is 15.0 Å². The Labute approximate surface area is 219 Å². The van der Waals surface area contributed by atoms with Gasteiger partial charge in [0.05, 0.1) is 35.9 Å². The molecule has 15 heteroatoms. The van der Waals surface area contributed by atoms with Gasteiger partial charge in [-0.25, -0.2) is 4.98 Å². The number of rotatable bonds is 5. The van der Waals surface area contributed by atoms with E-state index in [1.54, 1.807) is 23.0 Å². The average molecular weight is 555 g/mol. The van der Waals surface area contributed by atoms with Crippen LogP contribution in [0, 0.1) is 11.3 Å². The monoisotopic (exact) mass is 555 g/mol. The molecule has 1 aliphatic heterocycles. The topological polar surface area (TPSA) is 109 Å². The zero-order chi connectivity index (χ0) is 28.8. The predicted octanol–water partition coefficient (Wildman–Crippen LogP) is 4.19. The Morgan fingerprint density at radius 3 is 2.15 bits per heavy atom. The highest BCUT2D eigenvalue weighted by Gasteiger charge is 2.36. The molecule has 3 heterocycles. The molecule has 1 atom stereocenters. The second-order valence-electron chi connectivity index (χ2n) is 8.27. The summed E-state index contributed by atoms with van der Waals surface area (Å²) < 4.78 is 80.2. The van der Waals surface area contributed by atoms with Crippen molar-refractivity contribution in [2.45, 2.75) is 25.3 Å². The van der Waals surface area contributed by atoms with Crippen molar-refractivity contribution in [2.75, 3.05) is 38.3 Å². The fraction of sp³-hybridized carbons (Fsp3) is 0.375. The number of halogens is 6. The number of aldehydes is 1. The number of nitriles is 1. The molecule has 0 radical (unpaired) electrons. The van der Waals surface area contributed by atoms with Gasteiger partial charge >= 0.3 is 12.4 Å². The number of nitrogens with zero attached hydrogens (tertiary/aromatic N) is 6. The Bertz CT molecular complexity index is 1280. The summed E-state index contributed by atoms with van der Waals surface area (Å²) in [4.78, 5) is 21.3. The van der Waals surface area contributed by atoms with Crippen molar-refractivity contribution in [3.8, 4) is 11.9 Å². The number of carbonyl (C=O) groups is 1. The van der Waals surface area contributed by atoms with E-state index in [0.29, 0.717) is 42.7 Å². The summed E-state index contributed by atoms with van der Waals surface area (Å²) in [7, 11) is 1.88. The lowest BCUT2D eigenvalue weighted by Crippen LogP contribution is -2.37. The maximum absolute atomic E-state index is 12.2. The van der Waals surface area contributed by atoms with Crippen LogP contribution in [0.2, 0.25) is 0 Å². The van der Waals surface area contributed by atoms with Crippen LogP contribution in [0.5, 0.6) is 0 Å². The molecule has 208 valence electrons. The summed E-state index contributed by atoms with van der Waals surface area (Å²) in [6, 6.07) is 6.29. The van der Waals surface area contributed by atoms with E-state index in [9.17, 15) is 31.1 Å². The molecule has 0 unspecified atom stereocenters. The van der Waals surface area contributed by atoms with Crippen LogP contribution < -0.4 is 10.2 Å². The third kappa shape index (κ3) is 7.52. The molecule has 0 bridgehead atoms. The Morgan fingerprint density at radius 1 is 1.08 bits per heavy atom. The van der Waals surface area contributed by atoms with Crippen LogP contribution >= 0.6 is 0 Å². The zero-order valence-corrected chi connectivity index (χ0v) is 20.7. The SMILES string of the molecule is CN[C@@H](C)c1nc(N2CCOCC2)nn1-c1ccc(C#N)cn1.O=Cc1cc(C(F)(F)F)cc(C(F)(F)F)c1. The van der Waals surface area contributed by atoms with E-state index in [2.05, 4.69) is 31.4 Å². The van der Waals surface area contributed by atoms with Crippen LogP contribution in [0.4, 0.5) is 32.3 Å². The number of hydrogen-bond acceptors (Lipinski definition) is 8. The Balaban J connectivity index is 0.000000231. The highest BCUT2D eigenvalue weighted by molar-refractivity contribution is 5.75. The van der Waals surface area contributed by atoms with Gasteiger partial charge in [-0.2, -0.15) is 41.3 Å². The van der Waals surface area contributed by atoms with Crippen molar-refractivity contribution >= 4 is 12.2 Å². The molecule has 0 saturated carbocycles. The van der Waals surface area contributed by atoms with E-state index in [-0.39, 0.29) is 18.4 Å². The third-order valence-corrected chi connectivity index (χ3v) is 5.58. The summed E-state index contributed by atoms with van der Waals surface area (Å²) in [6.07, 6.45) is -8.36. The minimum absolute atomic E-state index is 0.0229. The average Bonchev–Trinajstić information content (AvgIpc) is 3.38. The number of pyridine rings is 1. The first-order chi connectivity index (χ1) is 18.4. The molecule has 9 nitrogen and oxygen atoms in total. The molecular formula is C24H23F6N7O2. The number of carbonyl (C=O) groups excluding carboxylic acids is 1. The minimum atomic E-state index is -4.92. The van der Waals surface area contributed by atoms with Gasteiger partial charge in [-0.3, -0.25) is 4.79 Å². The van der Waals surface area contributed by atoms with Crippen molar-refractivity contribution in [2.24, 2.45) is 0 Å². The first-order valence-electron chi connectivity index (χ1n) is 11.5.